The molecule has 0 saturated carbocycles. The second-order valence-corrected chi connectivity index (χ2v) is 9.25. The van der Waals surface area contributed by atoms with Crippen molar-refractivity contribution in [3.8, 4) is 11.5 Å². The molecule has 0 aliphatic carbocycles. The number of hydrogen-bond acceptors (Lipinski definition) is 5. The molecule has 0 atom stereocenters. The maximum atomic E-state index is 12.5. The van der Waals surface area contributed by atoms with E-state index >= 15 is 0 Å². The van der Waals surface area contributed by atoms with Gasteiger partial charge < -0.3 is 14.4 Å². The molecular formula is C21H25ClN2O5S. The number of hydrogen-bond donors (Lipinski definition) is 1. The quantitative estimate of drug-likeness (QED) is 0.665. The predicted molar refractivity (Wildman–Crippen MR) is 114 cm³/mol. The van der Waals surface area contributed by atoms with Crippen molar-refractivity contribution >= 4 is 27.5 Å². The topological polar surface area (TPSA) is 84.9 Å². The van der Waals surface area contributed by atoms with Crippen LogP contribution in [0.3, 0.4) is 0 Å². The van der Waals surface area contributed by atoms with Crippen LogP contribution < -0.4 is 14.2 Å². The van der Waals surface area contributed by atoms with E-state index in [2.05, 4.69) is 4.72 Å². The summed E-state index contributed by atoms with van der Waals surface area (Å²) in [6.45, 7) is 1.48. The highest BCUT2D eigenvalue weighted by Gasteiger charge is 2.25. The van der Waals surface area contributed by atoms with Gasteiger partial charge in [0.1, 0.15) is 11.5 Å². The first-order valence-electron chi connectivity index (χ1n) is 9.68. The minimum Gasteiger partial charge on any atom is -0.495 e. The van der Waals surface area contributed by atoms with E-state index in [1.807, 2.05) is 30.3 Å². The molecule has 1 saturated heterocycles. The summed E-state index contributed by atoms with van der Waals surface area (Å²) in [6.07, 6.45) is 1.45. The number of nitrogens with zero attached hydrogens (tertiary/aromatic N) is 1. The van der Waals surface area contributed by atoms with Crippen molar-refractivity contribution in [3.63, 3.8) is 0 Å². The standard InChI is InChI=1S/C21H25ClN2O5S/c1-28-20-8-7-18(13-19(20)22)30(26,27)23-14-16-9-11-24(12-10-16)21(25)15-29-17-5-3-2-4-6-17/h2-8,13,16,23H,9-12,14-15H2,1H3. The van der Waals surface area contributed by atoms with E-state index in [4.69, 9.17) is 21.1 Å². The van der Waals surface area contributed by atoms with E-state index in [0.717, 1.165) is 12.8 Å². The minimum absolute atomic E-state index is 0.000458. The second-order valence-electron chi connectivity index (χ2n) is 7.07. The van der Waals surface area contributed by atoms with Crippen LogP contribution in [0.25, 0.3) is 0 Å². The highest BCUT2D eigenvalue weighted by Crippen LogP contribution is 2.27. The largest absolute Gasteiger partial charge is 0.495 e. The highest BCUT2D eigenvalue weighted by atomic mass is 35.5. The Balaban J connectivity index is 1.45. The van der Waals surface area contributed by atoms with Crippen LogP contribution in [0.2, 0.25) is 5.02 Å². The number of para-hydroxylation sites is 1. The monoisotopic (exact) mass is 452 g/mol. The summed E-state index contributed by atoms with van der Waals surface area (Å²) in [5.74, 6) is 1.18. The summed E-state index contributed by atoms with van der Waals surface area (Å²) in [5, 5.41) is 0.241. The molecule has 1 aliphatic heterocycles. The van der Waals surface area contributed by atoms with Gasteiger partial charge in [0.25, 0.3) is 5.91 Å². The number of sulfonamides is 1. The van der Waals surface area contributed by atoms with Crippen LogP contribution in [0.1, 0.15) is 12.8 Å². The first-order valence-corrected chi connectivity index (χ1v) is 11.5. The van der Waals surface area contributed by atoms with E-state index in [1.165, 1.54) is 25.3 Å². The average molecular weight is 453 g/mol. The van der Waals surface area contributed by atoms with Crippen molar-refractivity contribution in [2.75, 3.05) is 33.4 Å². The van der Waals surface area contributed by atoms with Crippen molar-refractivity contribution in [3.05, 3.63) is 53.6 Å². The van der Waals surface area contributed by atoms with Crippen LogP contribution in [0.5, 0.6) is 11.5 Å². The third-order valence-electron chi connectivity index (χ3n) is 5.07. The zero-order chi connectivity index (χ0) is 21.6. The molecule has 3 rings (SSSR count). The maximum Gasteiger partial charge on any atom is 0.260 e. The molecule has 0 unspecified atom stereocenters. The number of carbonyl (C=O) groups is 1. The number of rotatable bonds is 8. The van der Waals surface area contributed by atoms with Crippen LogP contribution in [-0.2, 0) is 14.8 Å². The number of ether oxygens (including phenoxy) is 2. The number of nitrogens with one attached hydrogen (secondary N) is 1. The number of benzene rings is 2. The van der Waals surface area contributed by atoms with Gasteiger partial charge in [0.15, 0.2) is 6.61 Å². The lowest BCUT2D eigenvalue weighted by Crippen LogP contribution is -2.43. The Hall–Kier alpha value is -2.29. The average Bonchev–Trinajstić information content (AvgIpc) is 2.77. The van der Waals surface area contributed by atoms with E-state index in [0.29, 0.717) is 31.1 Å². The van der Waals surface area contributed by atoms with Gasteiger partial charge in [0, 0.05) is 19.6 Å². The second kappa shape index (κ2) is 10.1. The first kappa shape index (κ1) is 22.4. The molecule has 1 N–H and O–H groups in total. The number of halogens is 1. The van der Waals surface area contributed by atoms with Crippen molar-refractivity contribution in [1.82, 2.24) is 9.62 Å². The fourth-order valence-electron chi connectivity index (χ4n) is 3.26. The van der Waals surface area contributed by atoms with Gasteiger partial charge in [-0.3, -0.25) is 4.79 Å². The highest BCUT2D eigenvalue weighted by molar-refractivity contribution is 7.89. The van der Waals surface area contributed by atoms with Gasteiger partial charge in [0.05, 0.1) is 17.0 Å². The fraction of sp³-hybridized carbons (Fsp3) is 0.381. The number of amides is 1. The smallest absolute Gasteiger partial charge is 0.260 e. The Bertz CT molecular complexity index is 961. The van der Waals surface area contributed by atoms with Crippen molar-refractivity contribution in [2.24, 2.45) is 5.92 Å². The van der Waals surface area contributed by atoms with E-state index in [9.17, 15) is 13.2 Å². The Kier molecular flexibility index (Phi) is 7.58. The van der Waals surface area contributed by atoms with Crippen LogP contribution in [0.4, 0.5) is 0 Å². The molecule has 7 nitrogen and oxygen atoms in total. The summed E-state index contributed by atoms with van der Waals surface area (Å²) in [7, 11) is -2.20. The fourth-order valence-corrected chi connectivity index (χ4v) is 4.73. The summed E-state index contributed by atoms with van der Waals surface area (Å²) in [4.78, 5) is 14.2. The molecule has 2 aromatic carbocycles. The van der Waals surface area contributed by atoms with Gasteiger partial charge in [-0.1, -0.05) is 29.8 Å². The van der Waals surface area contributed by atoms with Crippen LogP contribution in [-0.4, -0.2) is 52.6 Å². The molecule has 0 radical (unpaired) electrons. The van der Waals surface area contributed by atoms with E-state index in [1.54, 1.807) is 4.90 Å². The molecule has 2 aromatic rings. The zero-order valence-corrected chi connectivity index (χ0v) is 18.3. The van der Waals surface area contributed by atoms with Crippen molar-refractivity contribution in [1.29, 1.82) is 0 Å². The van der Waals surface area contributed by atoms with Gasteiger partial charge in [-0.15, -0.1) is 0 Å². The summed E-state index contributed by atoms with van der Waals surface area (Å²) < 4.78 is 38.3. The van der Waals surface area contributed by atoms with Gasteiger partial charge in [-0.25, -0.2) is 13.1 Å². The summed E-state index contributed by atoms with van der Waals surface area (Å²) in [6, 6.07) is 13.6. The molecule has 0 bridgehead atoms. The van der Waals surface area contributed by atoms with Gasteiger partial charge in [-0.05, 0) is 49.1 Å². The molecule has 1 heterocycles. The number of methoxy groups -OCH3 is 1. The molecule has 1 amide bonds. The predicted octanol–water partition coefficient (Wildman–Crippen LogP) is 2.94. The summed E-state index contributed by atoms with van der Waals surface area (Å²) >= 11 is 6.03. The van der Waals surface area contributed by atoms with Crippen molar-refractivity contribution < 1.29 is 22.7 Å². The zero-order valence-electron chi connectivity index (χ0n) is 16.7. The Morgan fingerprint density at radius 3 is 2.50 bits per heavy atom. The number of piperidine rings is 1. The Morgan fingerprint density at radius 2 is 1.87 bits per heavy atom. The molecule has 1 aliphatic rings. The third-order valence-corrected chi connectivity index (χ3v) is 6.78. The maximum absolute atomic E-state index is 12.5. The van der Waals surface area contributed by atoms with Crippen LogP contribution >= 0.6 is 11.6 Å². The number of carbonyl (C=O) groups excluding carboxylic acids is 1. The molecule has 1 fully saturated rings. The lowest BCUT2D eigenvalue weighted by atomic mass is 9.97. The van der Waals surface area contributed by atoms with E-state index < -0.39 is 10.0 Å². The Morgan fingerprint density at radius 1 is 1.17 bits per heavy atom. The lowest BCUT2D eigenvalue weighted by Gasteiger charge is -2.32. The normalized spacial score (nSPS) is 15.1. The number of likely N-dealkylation sites (tertiary alicyclic amines) is 1. The third kappa shape index (κ3) is 5.87. The van der Waals surface area contributed by atoms with Gasteiger partial charge in [0.2, 0.25) is 10.0 Å². The minimum atomic E-state index is -3.67. The molecule has 9 heteroatoms. The Labute approximate surface area is 182 Å². The first-order chi connectivity index (χ1) is 14.4. The molecule has 0 spiro atoms. The summed E-state index contributed by atoms with van der Waals surface area (Å²) in [5.41, 5.74) is 0. The molecule has 0 aromatic heterocycles. The van der Waals surface area contributed by atoms with Gasteiger partial charge in [-0.2, -0.15) is 0 Å². The molecule has 162 valence electrons. The lowest BCUT2D eigenvalue weighted by molar-refractivity contribution is -0.134. The van der Waals surface area contributed by atoms with Crippen LogP contribution in [0, 0.1) is 5.92 Å². The molecule has 30 heavy (non-hydrogen) atoms. The molecular weight excluding hydrogens is 428 g/mol. The van der Waals surface area contributed by atoms with E-state index in [-0.39, 0.29) is 28.4 Å². The van der Waals surface area contributed by atoms with Gasteiger partial charge >= 0.3 is 0 Å². The van der Waals surface area contributed by atoms with Crippen molar-refractivity contribution in [2.45, 2.75) is 17.7 Å². The SMILES string of the molecule is COc1ccc(S(=O)(=O)NCC2CCN(C(=O)COc3ccccc3)CC2)cc1Cl. The van der Waals surface area contributed by atoms with Crippen LogP contribution in [0.15, 0.2) is 53.4 Å².